The van der Waals surface area contributed by atoms with Gasteiger partial charge in [0.15, 0.2) is 0 Å². The topological polar surface area (TPSA) is 58.6 Å². The minimum atomic E-state index is -4.86. The molecule has 4 nitrogen and oxygen atoms in total. The van der Waals surface area contributed by atoms with Crippen molar-refractivity contribution in [3.8, 4) is 0 Å². The fraction of sp³-hybridized carbons (Fsp3) is 0.833. The molecule has 0 bridgehead atoms. The molecular formula is C6H6F3NaO4-. The quantitative estimate of drug-likeness (QED) is 0.565. The van der Waals surface area contributed by atoms with Crippen molar-refractivity contribution in [2.75, 3.05) is 13.2 Å². The van der Waals surface area contributed by atoms with Crippen molar-refractivity contribution in [3.63, 3.8) is 0 Å². The third kappa shape index (κ3) is 2.83. The zero-order chi connectivity index (χ0) is 10.1. The molecule has 0 spiro atoms. The minimum absolute atomic E-state index is 0. The Morgan fingerprint density at radius 2 is 1.79 bits per heavy atom. The van der Waals surface area contributed by atoms with Crippen LogP contribution in [0.2, 0.25) is 0 Å². The Morgan fingerprint density at radius 3 is 2.07 bits per heavy atom. The molecule has 0 aromatic rings. The Bertz CT molecular complexity index is 212. The molecule has 0 aromatic carbocycles. The first-order valence-corrected chi connectivity index (χ1v) is 3.42. The molecule has 1 fully saturated rings. The van der Waals surface area contributed by atoms with Gasteiger partial charge < -0.3 is 19.4 Å². The SMILES string of the molecule is O=C([O-])CC1(C(F)(F)F)OCCO1.[Na]. The molecule has 14 heavy (non-hydrogen) atoms. The standard InChI is InChI=1S/C6H7F3O4.Na/c7-6(8,9)5(3-4(10)11)12-1-2-13-5;/h1-3H2,(H,10,11);/p-1. The van der Waals surface area contributed by atoms with Crippen molar-refractivity contribution in [3.05, 3.63) is 0 Å². The summed E-state index contributed by atoms with van der Waals surface area (Å²) >= 11 is 0. The molecule has 0 aromatic heterocycles. The molecule has 1 heterocycles. The second-order valence-electron chi connectivity index (χ2n) is 2.50. The zero-order valence-corrected chi connectivity index (χ0v) is 9.39. The fourth-order valence-electron chi connectivity index (χ4n) is 1.01. The van der Waals surface area contributed by atoms with Crippen molar-refractivity contribution in [2.24, 2.45) is 0 Å². The van der Waals surface area contributed by atoms with E-state index in [1.165, 1.54) is 0 Å². The van der Waals surface area contributed by atoms with Crippen LogP contribution < -0.4 is 5.11 Å². The normalized spacial score (nSPS) is 20.2. The maximum atomic E-state index is 12.2. The molecule has 1 saturated heterocycles. The van der Waals surface area contributed by atoms with Crippen LogP contribution in [0.15, 0.2) is 0 Å². The first kappa shape index (κ1) is 14.2. The molecule has 0 saturated carbocycles. The van der Waals surface area contributed by atoms with Crippen molar-refractivity contribution < 1.29 is 32.5 Å². The summed E-state index contributed by atoms with van der Waals surface area (Å²) in [6, 6.07) is 0. The number of alkyl halides is 3. The molecule has 1 radical (unpaired) electrons. The van der Waals surface area contributed by atoms with E-state index in [1.807, 2.05) is 0 Å². The van der Waals surface area contributed by atoms with Gasteiger partial charge in [-0.2, -0.15) is 13.2 Å². The third-order valence-electron chi connectivity index (χ3n) is 1.56. The van der Waals surface area contributed by atoms with Crippen LogP contribution in [0.3, 0.4) is 0 Å². The molecule has 1 aliphatic heterocycles. The minimum Gasteiger partial charge on any atom is -0.550 e. The van der Waals surface area contributed by atoms with E-state index in [0.717, 1.165) is 0 Å². The van der Waals surface area contributed by atoms with E-state index in [0.29, 0.717) is 0 Å². The molecule has 0 unspecified atom stereocenters. The number of rotatable bonds is 2. The van der Waals surface area contributed by atoms with Gasteiger partial charge in [0.25, 0.3) is 5.79 Å². The van der Waals surface area contributed by atoms with Crippen molar-refractivity contribution in [2.45, 2.75) is 18.4 Å². The number of carbonyl (C=O) groups excluding carboxylic acids is 1. The number of aliphatic carboxylic acids is 1. The first-order valence-electron chi connectivity index (χ1n) is 3.42. The number of carboxylic acids is 1. The van der Waals surface area contributed by atoms with E-state index in [-0.39, 0.29) is 42.8 Å². The summed E-state index contributed by atoms with van der Waals surface area (Å²) in [7, 11) is 0. The van der Waals surface area contributed by atoms with Crippen molar-refractivity contribution >= 4 is 35.5 Å². The van der Waals surface area contributed by atoms with Crippen LogP contribution in [0.1, 0.15) is 6.42 Å². The van der Waals surface area contributed by atoms with Gasteiger partial charge in [-0.15, -0.1) is 0 Å². The number of hydrogen-bond donors (Lipinski definition) is 0. The van der Waals surface area contributed by atoms with E-state index in [2.05, 4.69) is 9.47 Å². The van der Waals surface area contributed by atoms with Gasteiger partial charge in [-0.25, -0.2) is 0 Å². The fourth-order valence-corrected chi connectivity index (χ4v) is 1.01. The van der Waals surface area contributed by atoms with Gasteiger partial charge in [-0.05, 0) is 0 Å². The summed E-state index contributed by atoms with van der Waals surface area (Å²) in [6.45, 7) is -0.542. The monoisotopic (exact) mass is 222 g/mol. The molecule has 1 aliphatic rings. The molecule has 8 heteroatoms. The summed E-state index contributed by atoms with van der Waals surface area (Å²) in [5.41, 5.74) is 0. The molecule has 1 rings (SSSR count). The molecule has 77 valence electrons. The number of carbonyl (C=O) groups is 1. The Balaban J connectivity index is 0.00000169. The number of halogens is 3. The van der Waals surface area contributed by atoms with E-state index >= 15 is 0 Å². The van der Waals surface area contributed by atoms with E-state index < -0.39 is 24.4 Å². The predicted molar refractivity (Wildman–Crippen MR) is 36.1 cm³/mol. The molecule has 0 N–H and O–H groups in total. The number of hydrogen-bond acceptors (Lipinski definition) is 4. The molecular weight excluding hydrogens is 216 g/mol. The van der Waals surface area contributed by atoms with Crippen LogP contribution in [-0.4, -0.2) is 60.7 Å². The molecule has 0 aliphatic carbocycles. The molecule has 0 amide bonds. The average Bonchev–Trinajstić information content (AvgIpc) is 2.33. The van der Waals surface area contributed by atoms with E-state index in [1.54, 1.807) is 0 Å². The van der Waals surface area contributed by atoms with Gasteiger partial charge in [0.1, 0.15) is 0 Å². The zero-order valence-electron chi connectivity index (χ0n) is 7.39. The summed E-state index contributed by atoms with van der Waals surface area (Å²) in [5.74, 6) is -4.87. The Morgan fingerprint density at radius 1 is 1.36 bits per heavy atom. The third-order valence-corrected chi connectivity index (χ3v) is 1.56. The van der Waals surface area contributed by atoms with Crippen molar-refractivity contribution in [1.29, 1.82) is 0 Å². The van der Waals surface area contributed by atoms with Gasteiger partial charge in [0.2, 0.25) is 0 Å². The second kappa shape index (κ2) is 4.80. The van der Waals surface area contributed by atoms with Crippen LogP contribution in [0, 0.1) is 0 Å². The molecule has 0 atom stereocenters. The Kier molecular flexibility index (Phi) is 4.86. The average molecular weight is 222 g/mol. The van der Waals surface area contributed by atoms with Gasteiger partial charge in [-0.3, -0.25) is 0 Å². The maximum absolute atomic E-state index is 12.2. The van der Waals surface area contributed by atoms with E-state index in [4.69, 9.17) is 0 Å². The Labute approximate surface area is 99.7 Å². The van der Waals surface area contributed by atoms with Crippen LogP contribution >= 0.6 is 0 Å². The largest absolute Gasteiger partial charge is 0.550 e. The number of ether oxygens (including phenoxy) is 2. The maximum Gasteiger partial charge on any atom is 0.443 e. The summed E-state index contributed by atoms with van der Waals surface area (Å²) < 4.78 is 45.2. The van der Waals surface area contributed by atoms with Crippen LogP contribution in [0.5, 0.6) is 0 Å². The Hall–Kier alpha value is 0.180. The summed E-state index contributed by atoms with van der Waals surface area (Å²) in [6.07, 6.45) is -6.19. The van der Waals surface area contributed by atoms with Crippen LogP contribution in [-0.2, 0) is 14.3 Å². The van der Waals surface area contributed by atoms with E-state index in [9.17, 15) is 23.1 Å². The second-order valence-corrected chi connectivity index (χ2v) is 2.50. The summed E-state index contributed by atoms with van der Waals surface area (Å²) in [5, 5.41) is 10.0. The van der Waals surface area contributed by atoms with Gasteiger partial charge >= 0.3 is 6.18 Å². The van der Waals surface area contributed by atoms with Crippen LogP contribution in [0.25, 0.3) is 0 Å². The van der Waals surface area contributed by atoms with Gasteiger partial charge in [0.05, 0.1) is 19.6 Å². The smallest absolute Gasteiger partial charge is 0.443 e. The predicted octanol–water partition coefficient (Wildman–Crippen LogP) is -0.949. The van der Waals surface area contributed by atoms with Crippen LogP contribution in [0.4, 0.5) is 13.2 Å². The summed E-state index contributed by atoms with van der Waals surface area (Å²) in [4.78, 5) is 10.0. The van der Waals surface area contributed by atoms with Crippen molar-refractivity contribution in [1.82, 2.24) is 0 Å². The first-order chi connectivity index (χ1) is 5.87. The van der Waals surface area contributed by atoms with Gasteiger partial charge in [0, 0.05) is 35.5 Å². The number of carboxylic acid groups (broad SMARTS) is 1. The van der Waals surface area contributed by atoms with Gasteiger partial charge in [-0.1, -0.05) is 0 Å².